The summed E-state index contributed by atoms with van der Waals surface area (Å²) in [7, 11) is 0. The summed E-state index contributed by atoms with van der Waals surface area (Å²) in [6.45, 7) is 3.72. The Morgan fingerprint density at radius 3 is 2.59 bits per heavy atom. The summed E-state index contributed by atoms with van der Waals surface area (Å²) in [6.07, 6.45) is 5.65. The first-order valence-electron chi connectivity index (χ1n) is 7.96. The van der Waals surface area contributed by atoms with Gasteiger partial charge in [-0.25, -0.2) is 0 Å². The van der Waals surface area contributed by atoms with E-state index in [1.165, 1.54) is 24.8 Å². The third-order valence-electron chi connectivity index (χ3n) is 4.47. The number of Topliss-reactive ketones (excluding diaryl/α,β-unsaturated/α-hetero) is 1. The van der Waals surface area contributed by atoms with E-state index in [0.29, 0.717) is 17.3 Å². The highest BCUT2D eigenvalue weighted by molar-refractivity contribution is 6.00. The van der Waals surface area contributed by atoms with E-state index in [0.717, 1.165) is 11.1 Å². The van der Waals surface area contributed by atoms with Crippen LogP contribution in [0.5, 0.6) is 0 Å². The van der Waals surface area contributed by atoms with Crippen LogP contribution < -0.4 is 5.73 Å². The summed E-state index contributed by atoms with van der Waals surface area (Å²) in [5.41, 5.74) is 10.4. The number of carbonyl (C=O) groups excluding carboxylic acids is 1. The average Bonchev–Trinajstić information content (AvgIpc) is 2.45. The van der Waals surface area contributed by atoms with Crippen molar-refractivity contribution in [2.24, 2.45) is 5.92 Å². The fraction of sp³-hybridized carbons (Fsp3) is 0.368. The van der Waals surface area contributed by atoms with E-state index in [-0.39, 0.29) is 11.7 Å². The summed E-state index contributed by atoms with van der Waals surface area (Å²) in [5, 5.41) is 0. The molecule has 0 saturated heterocycles. The maximum Gasteiger partial charge on any atom is 0.185 e. The molecule has 0 amide bonds. The number of hydrogen-bond donors (Lipinski definition) is 1. The lowest BCUT2D eigenvalue weighted by molar-refractivity contribution is 0.0935. The van der Waals surface area contributed by atoms with Gasteiger partial charge in [-0.3, -0.25) is 9.78 Å². The molecule has 3 nitrogen and oxygen atoms in total. The van der Waals surface area contributed by atoms with Crippen LogP contribution in [0.1, 0.15) is 55.1 Å². The average molecular weight is 294 g/mol. The van der Waals surface area contributed by atoms with Crippen LogP contribution in [0.2, 0.25) is 0 Å². The maximum absolute atomic E-state index is 12.1. The monoisotopic (exact) mass is 294 g/mol. The molecule has 22 heavy (non-hydrogen) atoms. The van der Waals surface area contributed by atoms with Gasteiger partial charge in [0.25, 0.3) is 0 Å². The Morgan fingerprint density at radius 1 is 1.23 bits per heavy atom. The van der Waals surface area contributed by atoms with Gasteiger partial charge in [0.15, 0.2) is 5.78 Å². The molecule has 1 aliphatic carbocycles. The highest BCUT2D eigenvalue weighted by Gasteiger charge is 2.20. The molecule has 1 heterocycles. The third-order valence-corrected chi connectivity index (χ3v) is 4.47. The first-order valence-corrected chi connectivity index (χ1v) is 7.96. The molecule has 0 spiro atoms. The van der Waals surface area contributed by atoms with Gasteiger partial charge in [-0.05, 0) is 36.0 Å². The molecule has 0 bridgehead atoms. The zero-order valence-corrected chi connectivity index (χ0v) is 13.2. The van der Waals surface area contributed by atoms with E-state index >= 15 is 0 Å². The maximum atomic E-state index is 12.1. The largest absolute Gasteiger partial charge is 0.397 e. The van der Waals surface area contributed by atoms with Crippen molar-refractivity contribution >= 4 is 11.5 Å². The van der Waals surface area contributed by atoms with Crippen LogP contribution in [0.15, 0.2) is 36.5 Å². The van der Waals surface area contributed by atoms with Gasteiger partial charge in [0.2, 0.25) is 0 Å². The molecule has 114 valence electrons. The second-order valence-corrected chi connectivity index (χ2v) is 6.43. The highest BCUT2D eigenvalue weighted by atomic mass is 16.1. The van der Waals surface area contributed by atoms with Gasteiger partial charge >= 0.3 is 0 Å². The van der Waals surface area contributed by atoms with Gasteiger partial charge in [-0.2, -0.15) is 0 Å². The summed E-state index contributed by atoms with van der Waals surface area (Å²) < 4.78 is 0. The van der Waals surface area contributed by atoms with Gasteiger partial charge in [-0.1, -0.05) is 44.5 Å². The fourth-order valence-corrected chi connectivity index (χ4v) is 2.83. The molecular formula is C19H22N2O. The Balaban J connectivity index is 1.92. The normalized spacial score (nSPS) is 14.9. The molecule has 1 aromatic carbocycles. The van der Waals surface area contributed by atoms with Crippen molar-refractivity contribution in [3.8, 4) is 11.1 Å². The van der Waals surface area contributed by atoms with Crippen molar-refractivity contribution in [1.29, 1.82) is 0 Å². The highest BCUT2D eigenvalue weighted by Crippen LogP contribution is 2.37. The molecule has 1 saturated carbocycles. The number of nitrogens with two attached hydrogens (primary N) is 1. The van der Waals surface area contributed by atoms with Crippen LogP contribution in [-0.2, 0) is 0 Å². The number of anilines is 1. The number of rotatable bonds is 4. The molecule has 3 heteroatoms. The number of nitrogens with zero attached hydrogens (tertiary/aromatic N) is 1. The van der Waals surface area contributed by atoms with E-state index in [2.05, 4.69) is 29.2 Å². The van der Waals surface area contributed by atoms with Crippen molar-refractivity contribution in [3.63, 3.8) is 0 Å². The molecule has 0 unspecified atom stereocenters. The van der Waals surface area contributed by atoms with Crippen LogP contribution in [0, 0.1) is 5.92 Å². The third kappa shape index (κ3) is 2.76. The van der Waals surface area contributed by atoms with Crippen LogP contribution in [-0.4, -0.2) is 10.8 Å². The molecule has 1 aliphatic rings. The predicted octanol–water partition coefficient (Wildman–Crippen LogP) is 4.44. The van der Waals surface area contributed by atoms with Gasteiger partial charge < -0.3 is 5.73 Å². The van der Waals surface area contributed by atoms with Crippen molar-refractivity contribution in [2.45, 2.75) is 39.0 Å². The fourth-order valence-electron chi connectivity index (χ4n) is 2.83. The van der Waals surface area contributed by atoms with Crippen molar-refractivity contribution < 1.29 is 4.79 Å². The molecular weight excluding hydrogens is 272 g/mol. The van der Waals surface area contributed by atoms with E-state index < -0.39 is 0 Å². The van der Waals surface area contributed by atoms with Gasteiger partial charge in [0, 0.05) is 17.7 Å². The first-order chi connectivity index (χ1) is 10.6. The molecule has 0 aliphatic heterocycles. The van der Waals surface area contributed by atoms with E-state index in [4.69, 9.17) is 5.73 Å². The molecule has 0 radical (unpaired) electrons. The van der Waals surface area contributed by atoms with Crippen LogP contribution in [0.4, 0.5) is 5.69 Å². The smallest absolute Gasteiger partial charge is 0.185 e. The summed E-state index contributed by atoms with van der Waals surface area (Å²) >= 11 is 0. The first kappa shape index (κ1) is 14.8. The molecule has 0 atom stereocenters. The van der Waals surface area contributed by atoms with Gasteiger partial charge in [0.05, 0.1) is 5.69 Å². The number of pyridine rings is 1. The van der Waals surface area contributed by atoms with E-state index in [9.17, 15) is 4.79 Å². The number of carbonyl (C=O) groups is 1. The van der Waals surface area contributed by atoms with Crippen LogP contribution in [0.3, 0.4) is 0 Å². The summed E-state index contributed by atoms with van der Waals surface area (Å²) in [5.74, 6) is 0.599. The Kier molecular flexibility index (Phi) is 3.97. The molecule has 1 aromatic heterocycles. The lowest BCUT2D eigenvalue weighted by atomic mass is 9.79. The number of aromatic nitrogens is 1. The SMILES string of the molecule is CC(C)C(=O)c1ncc(-c2cccc(C3CCC3)c2)cc1N. The number of benzene rings is 1. The number of nitrogen functional groups attached to an aromatic ring is 1. The summed E-state index contributed by atoms with van der Waals surface area (Å²) in [6, 6.07) is 10.4. The van der Waals surface area contributed by atoms with Crippen molar-refractivity contribution in [1.82, 2.24) is 4.98 Å². The number of ketones is 1. The lowest BCUT2D eigenvalue weighted by Gasteiger charge is -2.26. The minimum absolute atomic E-state index is 0.00716. The van der Waals surface area contributed by atoms with Crippen LogP contribution >= 0.6 is 0 Å². The van der Waals surface area contributed by atoms with Gasteiger partial charge in [0.1, 0.15) is 5.69 Å². The molecule has 2 aromatic rings. The van der Waals surface area contributed by atoms with E-state index in [1.807, 2.05) is 19.9 Å². The zero-order valence-electron chi connectivity index (χ0n) is 13.2. The topological polar surface area (TPSA) is 56.0 Å². The zero-order chi connectivity index (χ0) is 15.7. The van der Waals surface area contributed by atoms with Crippen LogP contribution in [0.25, 0.3) is 11.1 Å². The minimum Gasteiger partial charge on any atom is -0.397 e. The second kappa shape index (κ2) is 5.91. The molecule has 2 N–H and O–H groups in total. The van der Waals surface area contributed by atoms with E-state index in [1.54, 1.807) is 6.20 Å². The summed E-state index contributed by atoms with van der Waals surface area (Å²) in [4.78, 5) is 16.4. The molecule has 3 rings (SSSR count). The lowest BCUT2D eigenvalue weighted by Crippen LogP contribution is -2.12. The Morgan fingerprint density at radius 2 is 2.00 bits per heavy atom. The Bertz CT molecular complexity index is 702. The van der Waals surface area contributed by atoms with Crippen molar-refractivity contribution in [2.75, 3.05) is 5.73 Å². The second-order valence-electron chi connectivity index (χ2n) is 6.43. The Labute approximate surface area is 131 Å². The Hall–Kier alpha value is -2.16. The standard InChI is InChI=1S/C19H22N2O/c1-12(2)19(22)18-17(20)10-16(11-21-18)15-8-4-7-14(9-15)13-5-3-6-13/h4,7-13H,3,5-6,20H2,1-2H3. The van der Waals surface area contributed by atoms with Crippen molar-refractivity contribution in [3.05, 3.63) is 47.8 Å². The molecule has 1 fully saturated rings. The van der Waals surface area contributed by atoms with Gasteiger partial charge in [-0.15, -0.1) is 0 Å². The quantitative estimate of drug-likeness (QED) is 0.848. The predicted molar refractivity (Wildman–Crippen MR) is 89.8 cm³/mol. The number of hydrogen-bond acceptors (Lipinski definition) is 3. The minimum atomic E-state index is -0.0948.